The van der Waals surface area contributed by atoms with E-state index in [2.05, 4.69) is 0 Å². The van der Waals surface area contributed by atoms with Gasteiger partial charge in [0.1, 0.15) is 61.6 Å². The Hall–Kier alpha value is -7.48. The van der Waals surface area contributed by atoms with Gasteiger partial charge in [-0.05, 0) is 51.4 Å². The Morgan fingerprint density at radius 3 is 1.10 bits per heavy atom. The van der Waals surface area contributed by atoms with Gasteiger partial charge in [0.2, 0.25) is 0 Å². The van der Waals surface area contributed by atoms with Crippen molar-refractivity contribution < 1.29 is 66.0 Å². The van der Waals surface area contributed by atoms with E-state index in [1.165, 1.54) is 4.90 Å². The van der Waals surface area contributed by atoms with Gasteiger partial charge in [0.25, 0.3) is 0 Å². The predicted molar refractivity (Wildman–Crippen MR) is 332 cm³/mol. The molecule has 14 nitrogen and oxygen atoms in total. The first-order valence-electron chi connectivity index (χ1n) is 30.6. The molecular weight excluding hydrogens is 1130 g/mol. The van der Waals surface area contributed by atoms with Gasteiger partial charge in [-0.3, -0.25) is 4.90 Å². The molecule has 0 radical (unpaired) electrons. The van der Waals surface area contributed by atoms with Crippen molar-refractivity contribution in [1.82, 2.24) is 4.90 Å². The zero-order valence-corrected chi connectivity index (χ0v) is 50.0. The molecule has 8 aromatic carbocycles. The zero-order chi connectivity index (χ0) is 60.8. The molecule has 3 aliphatic rings. The van der Waals surface area contributed by atoms with Crippen molar-refractivity contribution in [1.29, 1.82) is 0 Å². The van der Waals surface area contributed by atoms with Gasteiger partial charge in [0.05, 0.1) is 78.2 Å². The first-order chi connectivity index (χ1) is 43.9. The maximum atomic E-state index is 17.4. The summed E-state index contributed by atoms with van der Waals surface area (Å²) in [4.78, 5) is 15.6. The summed E-state index contributed by atoms with van der Waals surface area (Å²) >= 11 is 0. The summed E-state index contributed by atoms with van der Waals surface area (Å²) in [5, 5.41) is 0. The third-order valence-electron chi connectivity index (χ3n) is 16.1. The summed E-state index contributed by atoms with van der Waals surface area (Å²) in [5.74, 6) is 0. The molecular formula is C74H78FNO13. The number of nitrogens with zero attached hydrogens (tertiary/aromatic N) is 1. The van der Waals surface area contributed by atoms with Gasteiger partial charge in [0.15, 0.2) is 12.6 Å². The molecule has 3 unspecified atom stereocenters. The molecule has 0 aliphatic carbocycles. The second-order valence-corrected chi connectivity index (χ2v) is 22.5. The van der Waals surface area contributed by atoms with Crippen LogP contribution in [0.25, 0.3) is 0 Å². The second kappa shape index (κ2) is 32.8. The summed E-state index contributed by atoms with van der Waals surface area (Å²) in [6.07, 6.45) is -13.5. The fraction of sp³-hybridized carbons (Fsp3) is 0.338. The molecule has 0 spiro atoms. The van der Waals surface area contributed by atoms with Crippen molar-refractivity contribution >= 4 is 6.09 Å². The number of hydrogen-bond donors (Lipinski definition) is 0. The second-order valence-electron chi connectivity index (χ2n) is 22.5. The van der Waals surface area contributed by atoms with Gasteiger partial charge in [-0.2, -0.15) is 0 Å². The Kier molecular flexibility index (Phi) is 23.3. The topological polar surface area (TPSA) is 131 Å². The van der Waals surface area contributed by atoms with E-state index in [4.69, 9.17) is 56.8 Å². The third kappa shape index (κ3) is 17.9. The minimum absolute atomic E-state index is 0.0211. The zero-order valence-electron chi connectivity index (χ0n) is 50.0. The van der Waals surface area contributed by atoms with Crippen molar-refractivity contribution in [3.05, 3.63) is 287 Å². The highest BCUT2D eigenvalue weighted by Crippen LogP contribution is 2.39. The number of ether oxygens (including phenoxy) is 12. The molecule has 8 aromatic rings. The molecule has 0 bridgehead atoms. The van der Waals surface area contributed by atoms with Crippen LogP contribution in [-0.2, 0) is 110 Å². The van der Waals surface area contributed by atoms with E-state index in [9.17, 15) is 4.79 Å². The molecule has 0 aromatic heterocycles. The van der Waals surface area contributed by atoms with Crippen LogP contribution in [0.5, 0.6) is 0 Å². The molecule has 0 N–H and O–H groups in total. The molecule has 15 heteroatoms. The molecule has 11 rings (SSSR count). The van der Waals surface area contributed by atoms with Crippen LogP contribution in [0.15, 0.2) is 243 Å². The molecule has 3 saturated heterocycles. The van der Waals surface area contributed by atoms with Gasteiger partial charge in [-0.25, -0.2) is 9.18 Å². The number of likely N-dealkylation sites (tertiary alicyclic amines) is 1. The number of halogens is 1. The van der Waals surface area contributed by atoms with Crippen molar-refractivity contribution in [2.75, 3.05) is 19.8 Å². The van der Waals surface area contributed by atoms with Crippen LogP contribution < -0.4 is 0 Å². The lowest BCUT2D eigenvalue weighted by molar-refractivity contribution is -0.378. The first-order valence-corrected chi connectivity index (χ1v) is 30.6. The quantitative estimate of drug-likeness (QED) is 0.0441. The van der Waals surface area contributed by atoms with Crippen molar-refractivity contribution in [3.8, 4) is 0 Å². The monoisotopic (exact) mass is 1210 g/mol. The maximum absolute atomic E-state index is 17.4. The number of alkyl halides is 1. The van der Waals surface area contributed by atoms with E-state index in [0.717, 1.165) is 44.5 Å². The molecule has 89 heavy (non-hydrogen) atoms. The fourth-order valence-electron chi connectivity index (χ4n) is 11.4. The minimum Gasteiger partial charge on any atom is -0.445 e. The summed E-state index contributed by atoms with van der Waals surface area (Å²) in [5.41, 5.74) is 7.19. The van der Waals surface area contributed by atoms with Crippen LogP contribution in [0.3, 0.4) is 0 Å². The van der Waals surface area contributed by atoms with E-state index in [1.807, 2.05) is 250 Å². The van der Waals surface area contributed by atoms with Crippen molar-refractivity contribution in [2.24, 2.45) is 0 Å². The number of carbonyl (C=O) groups is 1. The standard InChI is InChI=1S/C74H78FNO13/c1-53-65(80-45-56-30-14-4-15-31-56)68(81-46-57-32-16-5-17-33-57)70(83-48-59-36-20-7-21-37-59)72(86-53)89-67-64(52-79-44-55-28-12-3-13-29-55)87-73(71(84-49-60-38-22-8-23-39-60)69(67)82-47-58-34-18-6-19-35-58)88-66-62(75)42-76(74(77)85-50-61-40-24-9-25-41-61)63(66)51-78-43-54-26-10-2-11-27-54/h2-41,53,62-73H,42-52H2,1H3/t53-,62?,63?,64-,65-,66?,67-,68+,69+,70-,71-,72-,73-/m1/s1. The molecule has 464 valence electrons. The SMILES string of the molecule is C[C@H]1O[C@H](O[C@H]2[C@H](OCc3ccccc3)[C@@H](OCc3ccccc3)[C@@H](OC3C(F)CN(C(=O)OCc4ccccc4)C3COCc3ccccc3)O[C@@H]2COCc2ccccc2)[C@H](OCc2ccccc2)[C@@H](OCc2ccccc2)[C@@H]1OCc1ccccc1. The van der Waals surface area contributed by atoms with Gasteiger partial charge in [-0.1, -0.05) is 243 Å². The smallest absolute Gasteiger partial charge is 0.410 e. The van der Waals surface area contributed by atoms with E-state index in [-0.39, 0.29) is 72.6 Å². The summed E-state index contributed by atoms with van der Waals surface area (Å²) in [7, 11) is 0. The van der Waals surface area contributed by atoms with Crippen LogP contribution in [0, 0.1) is 0 Å². The highest BCUT2D eigenvalue weighted by Gasteiger charge is 2.56. The third-order valence-corrected chi connectivity index (χ3v) is 16.1. The van der Waals surface area contributed by atoms with Crippen molar-refractivity contribution in [2.45, 2.75) is 140 Å². The highest BCUT2D eigenvalue weighted by molar-refractivity contribution is 5.69. The Morgan fingerprint density at radius 2 is 0.697 bits per heavy atom. The normalized spacial score (nSPS) is 25.1. The number of benzene rings is 8. The number of rotatable bonds is 29. The average molecular weight is 1210 g/mol. The lowest BCUT2D eigenvalue weighted by Crippen LogP contribution is -2.66. The first kappa shape index (κ1) is 63.1. The van der Waals surface area contributed by atoms with Gasteiger partial charge in [0, 0.05) is 0 Å². The van der Waals surface area contributed by atoms with Gasteiger partial charge < -0.3 is 56.8 Å². The molecule has 13 atom stereocenters. The van der Waals surface area contributed by atoms with E-state index >= 15 is 4.39 Å². The van der Waals surface area contributed by atoms with E-state index in [0.29, 0.717) is 0 Å². The maximum Gasteiger partial charge on any atom is 0.410 e. The van der Waals surface area contributed by atoms with Crippen LogP contribution >= 0.6 is 0 Å². The van der Waals surface area contributed by atoms with E-state index in [1.54, 1.807) is 0 Å². The largest absolute Gasteiger partial charge is 0.445 e. The minimum atomic E-state index is -1.72. The highest BCUT2D eigenvalue weighted by atomic mass is 19.1. The van der Waals surface area contributed by atoms with Crippen LogP contribution in [0.4, 0.5) is 9.18 Å². The number of hydrogen-bond acceptors (Lipinski definition) is 13. The summed E-state index contributed by atoms with van der Waals surface area (Å²) in [6, 6.07) is 77.2. The lowest BCUT2D eigenvalue weighted by Gasteiger charge is -2.50. The Labute approximate surface area is 521 Å². The fourth-order valence-corrected chi connectivity index (χ4v) is 11.4. The summed E-state index contributed by atoms with van der Waals surface area (Å²) in [6.45, 7) is 2.70. The average Bonchev–Trinajstić information content (AvgIpc) is 2.49. The molecule has 0 saturated carbocycles. The lowest BCUT2D eigenvalue weighted by atomic mass is 9.96. The Morgan fingerprint density at radius 1 is 0.382 bits per heavy atom. The van der Waals surface area contributed by atoms with Crippen LogP contribution in [-0.4, -0.2) is 110 Å². The number of amides is 1. The Balaban J connectivity index is 0.972. The molecule has 3 fully saturated rings. The molecule has 1 amide bonds. The molecule has 3 heterocycles. The summed E-state index contributed by atoms with van der Waals surface area (Å²) < 4.78 is 101. The van der Waals surface area contributed by atoms with E-state index < -0.39 is 85.8 Å². The molecule has 3 aliphatic heterocycles. The predicted octanol–water partition coefficient (Wildman–Crippen LogP) is 12.9. The Bertz CT molecular complexity index is 3280. The number of carbonyl (C=O) groups excluding carboxylic acids is 1. The van der Waals surface area contributed by atoms with Gasteiger partial charge in [-0.15, -0.1) is 0 Å². The van der Waals surface area contributed by atoms with Crippen LogP contribution in [0.1, 0.15) is 51.4 Å². The van der Waals surface area contributed by atoms with Gasteiger partial charge >= 0.3 is 6.09 Å². The van der Waals surface area contributed by atoms with Crippen LogP contribution in [0.2, 0.25) is 0 Å². The van der Waals surface area contributed by atoms with Crippen molar-refractivity contribution in [3.63, 3.8) is 0 Å².